The Morgan fingerprint density at radius 3 is 0.790 bits per heavy atom. The highest BCUT2D eigenvalue weighted by Gasteiger charge is 2.19. The smallest absolute Gasteiger partial charge is 0.306 e. The van der Waals surface area contributed by atoms with E-state index in [1.807, 2.05) is 0 Å². The summed E-state index contributed by atoms with van der Waals surface area (Å²) in [6.07, 6.45) is 91.8. The van der Waals surface area contributed by atoms with Crippen molar-refractivity contribution in [3.63, 3.8) is 0 Å². The third-order valence-corrected chi connectivity index (χ3v) is 15.4. The Kier molecular flexibility index (Phi) is 66.2. The van der Waals surface area contributed by atoms with E-state index in [1.54, 1.807) is 0 Å². The van der Waals surface area contributed by atoms with Crippen molar-refractivity contribution in [1.82, 2.24) is 0 Å². The van der Waals surface area contributed by atoms with Crippen LogP contribution in [-0.2, 0) is 28.6 Å². The molecule has 6 nitrogen and oxygen atoms in total. The summed E-state index contributed by atoms with van der Waals surface area (Å²) in [5.74, 6) is -0.900. The third kappa shape index (κ3) is 67.3. The van der Waals surface area contributed by atoms with Crippen molar-refractivity contribution in [2.75, 3.05) is 13.2 Å². The van der Waals surface area contributed by atoms with E-state index in [0.717, 1.165) is 122 Å². The van der Waals surface area contributed by atoms with Crippen LogP contribution in [0.2, 0.25) is 0 Å². The fourth-order valence-electron chi connectivity index (χ4n) is 10.1. The molecule has 0 fully saturated rings. The molecular weight excluding hydrogens is 997 g/mol. The van der Waals surface area contributed by atoms with Gasteiger partial charge in [0.2, 0.25) is 0 Å². The van der Waals surface area contributed by atoms with Crippen LogP contribution in [0, 0.1) is 0 Å². The molecule has 0 amide bonds. The van der Waals surface area contributed by atoms with E-state index in [-0.39, 0.29) is 31.1 Å². The molecule has 0 bridgehead atoms. The highest BCUT2D eigenvalue weighted by Crippen LogP contribution is 2.17. The summed E-state index contributed by atoms with van der Waals surface area (Å²) in [5.41, 5.74) is 0. The minimum absolute atomic E-state index is 0.0854. The standard InChI is InChI=1S/C75H132O6/c1-4-7-10-13-16-19-22-25-28-30-32-33-34-35-36-37-38-39-40-41-43-44-47-50-53-56-59-62-65-68-74(77)80-71-72(70-79-73(76)67-64-61-58-55-52-49-46-27-24-21-18-15-12-9-6-3)81-75(78)69-66-63-60-57-54-51-48-45-42-31-29-26-23-20-17-14-11-8-5-2/h9,12,17-18,20-21,26-27,29-30,32,42,45-46,72H,4-8,10-11,13-16,19,22-25,28,31,33-41,43-44,47-71H2,1-3H3/b12-9-,20-17-,21-18-,29-26-,32-30-,45-42-,46-27-. The molecule has 468 valence electrons. The SMILES string of the molecule is CC/C=C\C/C=C\C/C=C\CCCCCCCC(=O)OCC(COC(=O)CCCCCCCCCCCCCCCCCCC/C=C\CCCCCCCCCC)OC(=O)CCCCCCCC/C=C\C/C=C\C/C=C\CCCCC. The highest BCUT2D eigenvalue weighted by atomic mass is 16.6. The monoisotopic (exact) mass is 1130 g/mol. The van der Waals surface area contributed by atoms with Crippen LogP contribution in [-0.4, -0.2) is 37.2 Å². The van der Waals surface area contributed by atoms with Crippen molar-refractivity contribution >= 4 is 17.9 Å². The Balaban J connectivity index is 4.27. The van der Waals surface area contributed by atoms with E-state index in [9.17, 15) is 14.4 Å². The van der Waals surface area contributed by atoms with Gasteiger partial charge in [-0.1, -0.05) is 305 Å². The van der Waals surface area contributed by atoms with Crippen LogP contribution in [0.3, 0.4) is 0 Å². The second kappa shape index (κ2) is 69.1. The maximum atomic E-state index is 12.9. The number of unbranched alkanes of at least 4 members (excludes halogenated alkanes) is 39. The fraction of sp³-hybridized carbons (Fsp3) is 0.773. The van der Waals surface area contributed by atoms with Crippen LogP contribution in [0.4, 0.5) is 0 Å². The quantitative estimate of drug-likeness (QED) is 0.0261. The molecule has 1 atom stereocenters. The summed E-state index contributed by atoms with van der Waals surface area (Å²) in [5, 5.41) is 0. The van der Waals surface area contributed by atoms with E-state index in [2.05, 4.69) is 106 Å². The Hall–Kier alpha value is -3.41. The zero-order chi connectivity index (χ0) is 58.5. The van der Waals surface area contributed by atoms with Gasteiger partial charge >= 0.3 is 17.9 Å². The molecular formula is C75H132O6. The summed E-state index contributed by atoms with van der Waals surface area (Å²) in [4.78, 5) is 38.4. The first kappa shape index (κ1) is 77.6. The predicted octanol–water partition coefficient (Wildman–Crippen LogP) is 24.2. The Bertz CT molecular complexity index is 1530. The summed E-state index contributed by atoms with van der Waals surface area (Å²) >= 11 is 0. The molecule has 81 heavy (non-hydrogen) atoms. The van der Waals surface area contributed by atoms with Gasteiger partial charge in [-0.15, -0.1) is 0 Å². The molecule has 0 N–H and O–H groups in total. The highest BCUT2D eigenvalue weighted by molar-refractivity contribution is 5.71. The van der Waals surface area contributed by atoms with E-state index in [4.69, 9.17) is 14.2 Å². The van der Waals surface area contributed by atoms with Crippen molar-refractivity contribution in [2.24, 2.45) is 0 Å². The van der Waals surface area contributed by atoms with Crippen LogP contribution in [0.1, 0.15) is 355 Å². The van der Waals surface area contributed by atoms with Gasteiger partial charge in [0.1, 0.15) is 13.2 Å². The molecule has 0 aromatic heterocycles. The van der Waals surface area contributed by atoms with E-state index in [0.29, 0.717) is 19.3 Å². The number of ether oxygens (including phenoxy) is 3. The lowest BCUT2D eigenvalue weighted by atomic mass is 10.0. The van der Waals surface area contributed by atoms with Crippen LogP contribution in [0.5, 0.6) is 0 Å². The maximum absolute atomic E-state index is 12.9. The van der Waals surface area contributed by atoms with Crippen molar-refractivity contribution in [3.05, 3.63) is 85.1 Å². The molecule has 0 heterocycles. The van der Waals surface area contributed by atoms with Crippen LogP contribution >= 0.6 is 0 Å². The van der Waals surface area contributed by atoms with E-state index < -0.39 is 6.10 Å². The lowest BCUT2D eigenvalue weighted by molar-refractivity contribution is -0.167. The van der Waals surface area contributed by atoms with Crippen molar-refractivity contribution < 1.29 is 28.6 Å². The first-order chi connectivity index (χ1) is 40.0. The molecule has 0 rings (SSSR count). The van der Waals surface area contributed by atoms with Gasteiger partial charge in [-0.05, 0) is 116 Å². The molecule has 0 aliphatic heterocycles. The molecule has 0 radical (unpaired) electrons. The number of rotatable bonds is 64. The van der Waals surface area contributed by atoms with E-state index >= 15 is 0 Å². The van der Waals surface area contributed by atoms with Gasteiger partial charge in [-0.2, -0.15) is 0 Å². The van der Waals surface area contributed by atoms with Gasteiger partial charge < -0.3 is 14.2 Å². The largest absolute Gasteiger partial charge is 0.462 e. The number of carbonyl (C=O) groups is 3. The van der Waals surface area contributed by atoms with Gasteiger partial charge in [-0.3, -0.25) is 14.4 Å². The van der Waals surface area contributed by atoms with Crippen molar-refractivity contribution in [3.8, 4) is 0 Å². The molecule has 0 saturated heterocycles. The number of hydrogen-bond donors (Lipinski definition) is 0. The fourth-order valence-corrected chi connectivity index (χ4v) is 10.1. The van der Waals surface area contributed by atoms with Gasteiger partial charge in [0.25, 0.3) is 0 Å². The lowest BCUT2D eigenvalue weighted by Crippen LogP contribution is -2.30. The molecule has 0 aliphatic carbocycles. The first-order valence-electron chi connectivity index (χ1n) is 35.1. The van der Waals surface area contributed by atoms with Gasteiger partial charge in [0, 0.05) is 19.3 Å². The average Bonchev–Trinajstić information content (AvgIpc) is 3.47. The van der Waals surface area contributed by atoms with Gasteiger partial charge in [-0.25, -0.2) is 0 Å². The predicted molar refractivity (Wildman–Crippen MR) is 353 cm³/mol. The maximum Gasteiger partial charge on any atom is 0.306 e. The van der Waals surface area contributed by atoms with Crippen LogP contribution in [0.15, 0.2) is 85.1 Å². The second-order valence-electron chi connectivity index (χ2n) is 23.4. The Morgan fingerprint density at radius 1 is 0.259 bits per heavy atom. The van der Waals surface area contributed by atoms with E-state index in [1.165, 1.54) is 193 Å². The molecule has 0 saturated carbocycles. The summed E-state index contributed by atoms with van der Waals surface area (Å²) < 4.78 is 17.0. The number of hydrogen-bond acceptors (Lipinski definition) is 6. The topological polar surface area (TPSA) is 78.9 Å². The molecule has 6 heteroatoms. The minimum atomic E-state index is -0.792. The molecule has 0 spiro atoms. The molecule has 0 aromatic carbocycles. The average molecular weight is 1130 g/mol. The van der Waals surface area contributed by atoms with Gasteiger partial charge in [0.05, 0.1) is 0 Å². The molecule has 1 unspecified atom stereocenters. The van der Waals surface area contributed by atoms with Crippen molar-refractivity contribution in [1.29, 1.82) is 0 Å². The Morgan fingerprint density at radius 2 is 0.481 bits per heavy atom. The Labute approximate surface area is 503 Å². The summed E-state index contributed by atoms with van der Waals surface area (Å²) in [6.45, 7) is 6.52. The third-order valence-electron chi connectivity index (χ3n) is 15.4. The van der Waals surface area contributed by atoms with Crippen molar-refractivity contribution in [2.45, 2.75) is 361 Å². The summed E-state index contributed by atoms with van der Waals surface area (Å²) in [7, 11) is 0. The number of carbonyl (C=O) groups excluding carboxylic acids is 3. The summed E-state index contributed by atoms with van der Waals surface area (Å²) in [6, 6.07) is 0. The normalized spacial score (nSPS) is 12.6. The van der Waals surface area contributed by atoms with Crippen LogP contribution in [0.25, 0.3) is 0 Å². The number of esters is 3. The number of allylic oxidation sites excluding steroid dienone is 14. The second-order valence-corrected chi connectivity index (χ2v) is 23.4. The zero-order valence-corrected chi connectivity index (χ0v) is 53.8. The minimum Gasteiger partial charge on any atom is -0.462 e. The first-order valence-corrected chi connectivity index (χ1v) is 35.1. The zero-order valence-electron chi connectivity index (χ0n) is 53.8. The lowest BCUT2D eigenvalue weighted by Gasteiger charge is -2.18. The molecule has 0 aliphatic rings. The molecule has 0 aromatic rings. The van der Waals surface area contributed by atoms with Gasteiger partial charge in [0.15, 0.2) is 6.10 Å². The van der Waals surface area contributed by atoms with Crippen LogP contribution < -0.4 is 0 Å².